The molecule has 0 atom stereocenters. The fraction of sp³-hybridized carbons (Fsp3) is 0.455. The van der Waals surface area contributed by atoms with Crippen molar-refractivity contribution in [2.45, 2.75) is 25.2 Å². The van der Waals surface area contributed by atoms with Gasteiger partial charge in [0.15, 0.2) is 0 Å². The molecule has 2 rings (SSSR count). The van der Waals surface area contributed by atoms with Gasteiger partial charge in [-0.2, -0.15) is 0 Å². The molecule has 1 aromatic carbocycles. The maximum atomic E-state index is 13.2. The van der Waals surface area contributed by atoms with Crippen molar-refractivity contribution in [2.24, 2.45) is 5.73 Å². The van der Waals surface area contributed by atoms with Crippen LogP contribution in [0.25, 0.3) is 0 Å². The van der Waals surface area contributed by atoms with E-state index in [1.165, 1.54) is 18.4 Å². The maximum absolute atomic E-state index is 13.2. The molecule has 0 aromatic heterocycles. The van der Waals surface area contributed by atoms with Gasteiger partial charge in [0.1, 0.15) is 5.82 Å². The first-order chi connectivity index (χ1) is 6.31. The van der Waals surface area contributed by atoms with Gasteiger partial charge >= 0.3 is 0 Å². The van der Waals surface area contributed by atoms with E-state index in [4.69, 9.17) is 5.73 Å². The van der Waals surface area contributed by atoms with E-state index in [0.29, 0.717) is 18.9 Å². The summed E-state index contributed by atoms with van der Waals surface area (Å²) in [6.45, 7) is 0.519. The molecule has 1 fully saturated rings. The van der Waals surface area contributed by atoms with Crippen LogP contribution in [0.4, 0.5) is 4.39 Å². The van der Waals surface area contributed by atoms with E-state index in [1.54, 1.807) is 6.07 Å². The summed E-state index contributed by atoms with van der Waals surface area (Å²) in [5.41, 5.74) is 7.46. The number of benzene rings is 1. The monoisotopic (exact) mass is 179 g/mol. The maximum Gasteiger partial charge on any atom is 0.126 e. The van der Waals surface area contributed by atoms with Gasteiger partial charge in [0, 0.05) is 0 Å². The summed E-state index contributed by atoms with van der Waals surface area (Å²) in [5, 5.41) is 0. The average molecular weight is 179 g/mol. The SMILES string of the molecule is NCCc1cc(C2CC2)ccc1F. The Labute approximate surface area is 77.8 Å². The summed E-state index contributed by atoms with van der Waals surface area (Å²) >= 11 is 0. The van der Waals surface area contributed by atoms with Gasteiger partial charge in [0.2, 0.25) is 0 Å². The molecule has 2 N–H and O–H groups in total. The second-order valence-corrected chi connectivity index (χ2v) is 3.66. The lowest BCUT2D eigenvalue weighted by atomic mass is 10.0. The summed E-state index contributed by atoms with van der Waals surface area (Å²) in [6, 6.07) is 5.44. The van der Waals surface area contributed by atoms with Gasteiger partial charge in [-0.05, 0) is 48.9 Å². The molecule has 0 bridgehead atoms. The molecule has 0 radical (unpaired) electrons. The van der Waals surface area contributed by atoms with Crippen molar-refractivity contribution in [3.05, 3.63) is 35.1 Å². The molecular weight excluding hydrogens is 165 g/mol. The first-order valence-electron chi connectivity index (χ1n) is 4.79. The fourth-order valence-electron chi connectivity index (χ4n) is 1.61. The van der Waals surface area contributed by atoms with E-state index in [9.17, 15) is 4.39 Å². The van der Waals surface area contributed by atoms with E-state index in [-0.39, 0.29) is 5.82 Å². The highest BCUT2D eigenvalue weighted by Crippen LogP contribution is 2.40. The number of nitrogens with two attached hydrogens (primary N) is 1. The highest BCUT2D eigenvalue weighted by atomic mass is 19.1. The van der Waals surface area contributed by atoms with E-state index >= 15 is 0 Å². The Kier molecular flexibility index (Phi) is 2.32. The van der Waals surface area contributed by atoms with E-state index in [1.807, 2.05) is 12.1 Å². The predicted octanol–water partition coefficient (Wildman–Crippen LogP) is 2.20. The van der Waals surface area contributed by atoms with Crippen LogP contribution in [-0.4, -0.2) is 6.54 Å². The molecule has 2 heteroatoms. The second kappa shape index (κ2) is 3.46. The highest BCUT2D eigenvalue weighted by Gasteiger charge is 2.23. The van der Waals surface area contributed by atoms with Crippen molar-refractivity contribution in [1.29, 1.82) is 0 Å². The lowest BCUT2D eigenvalue weighted by Crippen LogP contribution is -2.04. The minimum Gasteiger partial charge on any atom is -0.330 e. The Bertz CT molecular complexity index is 305. The molecule has 0 aliphatic heterocycles. The quantitative estimate of drug-likeness (QED) is 0.756. The number of halogens is 1. The standard InChI is InChI=1S/C11H14FN/c12-11-4-3-9(8-1-2-8)7-10(11)5-6-13/h3-4,7-8H,1-2,5-6,13H2. The minimum absolute atomic E-state index is 0.116. The van der Waals surface area contributed by atoms with Crippen LogP contribution < -0.4 is 5.73 Å². The zero-order chi connectivity index (χ0) is 9.26. The Balaban J connectivity index is 2.25. The third kappa shape index (κ3) is 1.89. The Morgan fingerprint density at radius 3 is 2.77 bits per heavy atom. The van der Waals surface area contributed by atoms with Crippen LogP contribution in [0.2, 0.25) is 0 Å². The average Bonchev–Trinajstić information content (AvgIpc) is 2.92. The summed E-state index contributed by atoms with van der Waals surface area (Å²) in [5.74, 6) is 0.576. The van der Waals surface area contributed by atoms with E-state index in [2.05, 4.69) is 0 Å². The Hall–Kier alpha value is -0.890. The molecule has 0 saturated heterocycles. The molecule has 0 amide bonds. The number of hydrogen-bond acceptors (Lipinski definition) is 1. The molecule has 70 valence electrons. The van der Waals surface area contributed by atoms with Gasteiger partial charge in [-0.3, -0.25) is 0 Å². The first-order valence-corrected chi connectivity index (χ1v) is 4.79. The van der Waals surface area contributed by atoms with Gasteiger partial charge in [-0.25, -0.2) is 4.39 Å². The van der Waals surface area contributed by atoms with Crippen molar-refractivity contribution in [2.75, 3.05) is 6.54 Å². The van der Waals surface area contributed by atoms with Crippen LogP contribution in [0.1, 0.15) is 29.9 Å². The third-order valence-electron chi connectivity index (χ3n) is 2.53. The molecule has 1 aliphatic rings. The summed E-state index contributed by atoms with van der Waals surface area (Å²) in [7, 11) is 0. The lowest BCUT2D eigenvalue weighted by molar-refractivity contribution is 0.608. The summed E-state index contributed by atoms with van der Waals surface area (Å²) in [4.78, 5) is 0. The van der Waals surface area contributed by atoms with Crippen LogP contribution in [0.15, 0.2) is 18.2 Å². The molecule has 1 nitrogen and oxygen atoms in total. The molecular formula is C11H14FN. The first kappa shape index (κ1) is 8.70. The summed E-state index contributed by atoms with van der Waals surface area (Å²) < 4.78 is 13.2. The molecule has 13 heavy (non-hydrogen) atoms. The van der Waals surface area contributed by atoms with Gasteiger partial charge in [-0.1, -0.05) is 12.1 Å². The normalized spacial score (nSPS) is 16.2. The Morgan fingerprint density at radius 1 is 1.38 bits per heavy atom. The summed E-state index contributed by atoms with van der Waals surface area (Å²) in [6.07, 6.45) is 3.16. The molecule has 1 aliphatic carbocycles. The smallest absolute Gasteiger partial charge is 0.126 e. The van der Waals surface area contributed by atoms with Crippen molar-refractivity contribution in [3.8, 4) is 0 Å². The molecule has 1 saturated carbocycles. The zero-order valence-corrected chi connectivity index (χ0v) is 7.59. The van der Waals surface area contributed by atoms with Crippen LogP contribution in [0.5, 0.6) is 0 Å². The van der Waals surface area contributed by atoms with Crippen molar-refractivity contribution < 1.29 is 4.39 Å². The zero-order valence-electron chi connectivity index (χ0n) is 7.59. The van der Waals surface area contributed by atoms with Crippen molar-refractivity contribution in [3.63, 3.8) is 0 Å². The topological polar surface area (TPSA) is 26.0 Å². The van der Waals surface area contributed by atoms with Crippen LogP contribution in [0.3, 0.4) is 0 Å². The van der Waals surface area contributed by atoms with Crippen molar-refractivity contribution in [1.82, 2.24) is 0 Å². The van der Waals surface area contributed by atoms with E-state index < -0.39 is 0 Å². The molecule has 1 aromatic rings. The molecule has 0 spiro atoms. The third-order valence-corrected chi connectivity index (χ3v) is 2.53. The van der Waals surface area contributed by atoms with Crippen molar-refractivity contribution >= 4 is 0 Å². The lowest BCUT2D eigenvalue weighted by Gasteiger charge is -2.04. The minimum atomic E-state index is -0.116. The van der Waals surface area contributed by atoms with Crippen LogP contribution in [0, 0.1) is 5.82 Å². The second-order valence-electron chi connectivity index (χ2n) is 3.66. The van der Waals surface area contributed by atoms with Gasteiger partial charge < -0.3 is 5.73 Å². The fourth-order valence-corrected chi connectivity index (χ4v) is 1.61. The number of hydrogen-bond donors (Lipinski definition) is 1. The predicted molar refractivity (Wildman–Crippen MR) is 51.1 cm³/mol. The van der Waals surface area contributed by atoms with Gasteiger partial charge in [-0.15, -0.1) is 0 Å². The van der Waals surface area contributed by atoms with Gasteiger partial charge in [0.25, 0.3) is 0 Å². The number of rotatable bonds is 3. The highest BCUT2D eigenvalue weighted by molar-refractivity contribution is 5.30. The Morgan fingerprint density at radius 2 is 2.15 bits per heavy atom. The largest absolute Gasteiger partial charge is 0.330 e. The van der Waals surface area contributed by atoms with Gasteiger partial charge in [0.05, 0.1) is 0 Å². The van der Waals surface area contributed by atoms with Crippen LogP contribution >= 0.6 is 0 Å². The molecule has 0 unspecified atom stereocenters. The molecule has 0 heterocycles. The van der Waals surface area contributed by atoms with E-state index in [0.717, 1.165) is 5.56 Å². The van der Waals surface area contributed by atoms with Crippen LogP contribution in [-0.2, 0) is 6.42 Å².